The largest absolute Gasteiger partial charge is 0.507 e. The molecule has 1 unspecified atom stereocenters. The molecule has 152 valence electrons. The first-order valence-electron chi connectivity index (χ1n) is 9.50. The first kappa shape index (κ1) is 20.0. The van der Waals surface area contributed by atoms with Crippen LogP contribution in [0.4, 0.5) is 0 Å². The maximum absolute atomic E-state index is 13.0. The van der Waals surface area contributed by atoms with Gasteiger partial charge >= 0.3 is 0 Å². The summed E-state index contributed by atoms with van der Waals surface area (Å²) in [6.45, 7) is 4.15. The second-order valence-electron chi connectivity index (χ2n) is 7.38. The van der Waals surface area contributed by atoms with Crippen molar-refractivity contribution in [1.29, 1.82) is 0 Å². The molecule has 1 saturated heterocycles. The first-order valence-corrected chi connectivity index (χ1v) is 9.88. The fraction of sp³-hybridized carbons (Fsp3) is 0.167. The summed E-state index contributed by atoms with van der Waals surface area (Å²) in [7, 11) is 0. The van der Waals surface area contributed by atoms with E-state index in [1.165, 1.54) is 11.2 Å². The van der Waals surface area contributed by atoms with Crippen LogP contribution in [0, 0.1) is 13.8 Å². The Balaban J connectivity index is 1.85. The minimum atomic E-state index is -0.834. The van der Waals surface area contributed by atoms with Gasteiger partial charge in [0.1, 0.15) is 17.6 Å². The van der Waals surface area contributed by atoms with Crippen LogP contribution in [-0.4, -0.2) is 21.7 Å². The molecule has 1 aliphatic rings. The molecule has 30 heavy (non-hydrogen) atoms. The summed E-state index contributed by atoms with van der Waals surface area (Å²) in [5.74, 6) is -1.30. The molecule has 6 heteroatoms. The Morgan fingerprint density at radius 3 is 2.60 bits per heavy atom. The Labute approximate surface area is 179 Å². The summed E-state index contributed by atoms with van der Waals surface area (Å²) in [5.41, 5.74) is 3.35. The number of hydrogen-bond donors (Lipinski definition) is 1. The minimum absolute atomic E-state index is 0.0116. The standard InChI is InChI=1S/C24H20ClNO4/c1-14-8-9-15(2)17(11-14)13-26-21(19-7-4-10-30-19)20(23(28)24(26)29)22(27)16-5-3-6-18(25)12-16/h3-12,21,27H,13H2,1-2H3/b22-20-. The minimum Gasteiger partial charge on any atom is -0.507 e. The van der Waals surface area contributed by atoms with Gasteiger partial charge in [0.25, 0.3) is 11.7 Å². The number of rotatable bonds is 4. The molecule has 0 radical (unpaired) electrons. The van der Waals surface area contributed by atoms with Gasteiger partial charge in [0, 0.05) is 17.1 Å². The first-order chi connectivity index (χ1) is 14.4. The number of aryl methyl sites for hydroxylation is 2. The van der Waals surface area contributed by atoms with E-state index >= 15 is 0 Å². The molecule has 0 spiro atoms. The fourth-order valence-electron chi connectivity index (χ4n) is 3.73. The van der Waals surface area contributed by atoms with Crippen LogP contribution in [0.15, 0.2) is 70.9 Å². The molecule has 4 rings (SSSR count). The van der Waals surface area contributed by atoms with Gasteiger partial charge < -0.3 is 14.4 Å². The van der Waals surface area contributed by atoms with Gasteiger partial charge in [0.15, 0.2) is 0 Å². The quantitative estimate of drug-likeness (QED) is 0.358. The Kier molecular flexibility index (Phi) is 5.22. The highest BCUT2D eigenvalue weighted by molar-refractivity contribution is 6.46. The third-order valence-electron chi connectivity index (χ3n) is 5.30. The summed E-state index contributed by atoms with van der Waals surface area (Å²) < 4.78 is 5.56. The highest BCUT2D eigenvalue weighted by Gasteiger charge is 2.47. The number of amides is 1. The predicted octanol–water partition coefficient (Wildman–Crippen LogP) is 5.17. The molecule has 1 aromatic heterocycles. The van der Waals surface area contributed by atoms with Crippen molar-refractivity contribution in [2.45, 2.75) is 26.4 Å². The maximum Gasteiger partial charge on any atom is 0.296 e. The van der Waals surface area contributed by atoms with Crippen molar-refractivity contribution in [2.75, 3.05) is 0 Å². The van der Waals surface area contributed by atoms with Gasteiger partial charge in [-0.25, -0.2) is 0 Å². The van der Waals surface area contributed by atoms with E-state index in [-0.39, 0.29) is 17.9 Å². The van der Waals surface area contributed by atoms with Crippen molar-refractivity contribution in [2.24, 2.45) is 0 Å². The van der Waals surface area contributed by atoms with E-state index in [1.54, 1.807) is 36.4 Å². The lowest BCUT2D eigenvalue weighted by Gasteiger charge is -2.24. The van der Waals surface area contributed by atoms with Crippen molar-refractivity contribution < 1.29 is 19.1 Å². The molecular weight excluding hydrogens is 402 g/mol. The van der Waals surface area contributed by atoms with E-state index in [1.807, 2.05) is 32.0 Å². The average molecular weight is 422 g/mol. The van der Waals surface area contributed by atoms with E-state index in [2.05, 4.69) is 0 Å². The van der Waals surface area contributed by atoms with Gasteiger partial charge in [-0.05, 0) is 49.2 Å². The number of benzene rings is 2. The molecule has 0 saturated carbocycles. The SMILES string of the molecule is Cc1ccc(C)c(CN2C(=O)C(=O)/C(=C(\O)c3cccc(Cl)c3)C2c2ccco2)c1. The normalized spacial score (nSPS) is 18.2. The number of aliphatic hydroxyl groups is 1. The monoisotopic (exact) mass is 421 g/mol. The molecule has 3 aromatic rings. The number of Topliss-reactive ketones (excluding diaryl/α,β-unsaturated/α-hetero) is 1. The number of aliphatic hydroxyl groups excluding tert-OH is 1. The van der Waals surface area contributed by atoms with Crippen molar-refractivity contribution >= 4 is 29.1 Å². The molecular formula is C24H20ClNO4. The summed E-state index contributed by atoms with van der Waals surface area (Å²) >= 11 is 6.05. The molecule has 1 amide bonds. The Hall–Kier alpha value is -3.31. The lowest BCUT2D eigenvalue weighted by molar-refractivity contribution is -0.140. The van der Waals surface area contributed by atoms with Gasteiger partial charge in [-0.2, -0.15) is 0 Å². The second kappa shape index (κ2) is 7.84. The van der Waals surface area contributed by atoms with Gasteiger partial charge in [-0.1, -0.05) is 47.5 Å². The summed E-state index contributed by atoms with van der Waals surface area (Å²) in [6.07, 6.45) is 1.48. The van der Waals surface area contributed by atoms with E-state index in [9.17, 15) is 14.7 Å². The average Bonchev–Trinajstić information content (AvgIpc) is 3.33. The summed E-state index contributed by atoms with van der Waals surface area (Å²) in [6, 6.07) is 15.0. The number of halogens is 1. The van der Waals surface area contributed by atoms with Crippen molar-refractivity contribution in [1.82, 2.24) is 4.90 Å². The number of ketones is 1. The van der Waals surface area contributed by atoms with Crippen molar-refractivity contribution in [3.8, 4) is 0 Å². The smallest absolute Gasteiger partial charge is 0.296 e. The third kappa shape index (κ3) is 3.53. The Bertz CT molecular complexity index is 1160. The topological polar surface area (TPSA) is 70.8 Å². The summed E-state index contributed by atoms with van der Waals surface area (Å²) in [4.78, 5) is 27.4. The molecule has 2 aromatic carbocycles. The van der Waals surface area contributed by atoms with E-state index in [4.69, 9.17) is 16.0 Å². The van der Waals surface area contributed by atoms with Crippen molar-refractivity contribution in [3.05, 3.63) is 99.5 Å². The number of carbonyl (C=O) groups is 2. The van der Waals surface area contributed by atoms with Crippen LogP contribution in [-0.2, 0) is 16.1 Å². The summed E-state index contributed by atoms with van der Waals surface area (Å²) in [5, 5.41) is 11.4. The Morgan fingerprint density at radius 2 is 1.90 bits per heavy atom. The van der Waals surface area contributed by atoms with E-state index < -0.39 is 17.7 Å². The van der Waals surface area contributed by atoms with Crippen LogP contribution in [0.25, 0.3) is 5.76 Å². The lowest BCUT2D eigenvalue weighted by atomic mass is 9.99. The zero-order chi connectivity index (χ0) is 21.4. The molecule has 2 heterocycles. The van der Waals surface area contributed by atoms with Crippen LogP contribution in [0.3, 0.4) is 0 Å². The molecule has 1 atom stereocenters. The third-order valence-corrected chi connectivity index (χ3v) is 5.53. The molecule has 1 N–H and O–H groups in total. The van der Waals surface area contributed by atoms with Crippen LogP contribution in [0.5, 0.6) is 0 Å². The van der Waals surface area contributed by atoms with E-state index in [0.29, 0.717) is 16.3 Å². The second-order valence-corrected chi connectivity index (χ2v) is 7.82. The van der Waals surface area contributed by atoms with Gasteiger partial charge in [-0.3, -0.25) is 9.59 Å². The van der Waals surface area contributed by atoms with E-state index in [0.717, 1.165) is 16.7 Å². The van der Waals surface area contributed by atoms with Crippen LogP contribution >= 0.6 is 11.6 Å². The van der Waals surface area contributed by atoms with Gasteiger partial charge in [0.05, 0.1) is 11.8 Å². The molecule has 1 fully saturated rings. The fourth-order valence-corrected chi connectivity index (χ4v) is 3.92. The Morgan fingerprint density at radius 1 is 1.10 bits per heavy atom. The van der Waals surface area contributed by atoms with Crippen LogP contribution in [0.2, 0.25) is 5.02 Å². The number of furan rings is 1. The number of nitrogens with zero attached hydrogens (tertiary/aromatic N) is 1. The van der Waals surface area contributed by atoms with Gasteiger partial charge in [-0.15, -0.1) is 0 Å². The maximum atomic E-state index is 13.0. The molecule has 0 bridgehead atoms. The van der Waals surface area contributed by atoms with Crippen LogP contribution < -0.4 is 0 Å². The highest BCUT2D eigenvalue weighted by atomic mass is 35.5. The zero-order valence-corrected chi connectivity index (χ0v) is 17.3. The predicted molar refractivity (Wildman–Crippen MR) is 114 cm³/mol. The molecule has 5 nitrogen and oxygen atoms in total. The van der Waals surface area contributed by atoms with Gasteiger partial charge in [0.2, 0.25) is 0 Å². The molecule has 0 aliphatic carbocycles. The number of carbonyl (C=O) groups excluding carboxylic acids is 2. The van der Waals surface area contributed by atoms with Crippen molar-refractivity contribution in [3.63, 3.8) is 0 Å². The number of likely N-dealkylation sites (tertiary alicyclic amines) is 1. The number of hydrogen-bond acceptors (Lipinski definition) is 4. The highest BCUT2D eigenvalue weighted by Crippen LogP contribution is 2.40. The lowest BCUT2D eigenvalue weighted by Crippen LogP contribution is -2.29. The van der Waals surface area contributed by atoms with Crippen LogP contribution in [0.1, 0.15) is 34.1 Å². The molecule has 1 aliphatic heterocycles. The zero-order valence-electron chi connectivity index (χ0n) is 16.6.